The van der Waals surface area contributed by atoms with Crippen LogP contribution in [-0.2, 0) is 13.0 Å². The molecule has 0 bridgehead atoms. The number of benzene rings is 2. The van der Waals surface area contributed by atoms with E-state index in [1.165, 1.54) is 27.4 Å². The monoisotopic (exact) mass is 320 g/mol. The van der Waals surface area contributed by atoms with Gasteiger partial charge in [-0.2, -0.15) is 0 Å². The van der Waals surface area contributed by atoms with Crippen LogP contribution in [0.3, 0.4) is 0 Å². The lowest BCUT2D eigenvalue weighted by atomic mass is 10.0. The highest BCUT2D eigenvalue weighted by atomic mass is 16.1. The lowest BCUT2D eigenvalue weighted by Gasteiger charge is -2.19. The van der Waals surface area contributed by atoms with Gasteiger partial charge in [0, 0.05) is 46.9 Å². The van der Waals surface area contributed by atoms with Gasteiger partial charge >= 0.3 is 0 Å². The van der Waals surface area contributed by atoms with E-state index in [1.54, 1.807) is 0 Å². The quantitative estimate of drug-likeness (QED) is 0.701. The number of aromatic nitrogens is 1. The number of Topliss-reactive ketones (excluding diaryl/α,β-unsaturated/α-hetero) is 1. The molecular formula is C21H24N2O. The summed E-state index contributed by atoms with van der Waals surface area (Å²) in [4.78, 5) is 14.6. The van der Waals surface area contributed by atoms with Gasteiger partial charge in [0.25, 0.3) is 0 Å². The number of aryl methyl sites for hydroxylation is 1. The van der Waals surface area contributed by atoms with E-state index in [1.807, 2.05) is 6.07 Å². The standard InChI is InChI=1S/C21H24N2O/c1-3-22(4-2)13-14-23-18-8-6-5-7-17(18)21-16-10-12-20(24)15(16)9-11-19(21)23/h5-9,11H,3-4,10,12-14H2,1-2H3. The Labute approximate surface area is 142 Å². The normalized spacial score (nSPS) is 14.2. The highest BCUT2D eigenvalue weighted by Crippen LogP contribution is 2.36. The fraction of sp³-hybridized carbons (Fsp3) is 0.381. The topological polar surface area (TPSA) is 25.2 Å². The molecule has 0 saturated heterocycles. The van der Waals surface area contributed by atoms with Crippen molar-refractivity contribution in [3.8, 4) is 0 Å². The summed E-state index contributed by atoms with van der Waals surface area (Å²) in [7, 11) is 0. The molecular weight excluding hydrogens is 296 g/mol. The molecule has 1 aliphatic carbocycles. The second-order valence-electron chi connectivity index (χ2n) is 6.60. The van der Waals surface area contributed by atoms with E-state index < -0.39 is 0 Å². The predicted molar refractivity (Wildman–Crippen MR) is 99.9 cm³/mol. The number of carbonyl (C=O) groups is 1. The van der Waals surface area contributed by atoms with Crippen LogP contribution in [0.1, 0.15) is 36.2 Å². The average molecular weight is 320 g/mol. The maximum absolute atomic E-state index is 12.1. The Bertz CT molecular complexity index is 918. The fourth-order valence-corrected chi connectivity index (χ4v) is 4.13. The molecule has 1 heterocycles. The fourth-order valence-electron chi connectivity index (χ4n) is 4.13. The molecule has 0 saturated carbocycles. The zero-order valence-electron chi connectivity index (χ0n) is 14.5. The van der Waals surface area contributed by atoms with Gasteiger partial charge in [0.1, 0.15) is 0 Å². The molecule has 0 spiro atoms. The zero-order chi connectivity index (χ0) is 16.7. The number of hydrogen-bond acceptors (Lipinski definition) is 2. The zero-order valence-corrected chi connectivity index (χ0v) is 14.5. The lowest BCUT2D eigenvalue weighted by molar-refractivity contribution is 0.0994. The van der Waals surface area contributed by atoms with Crippen LogP contribution in [0.25, 0.3) is 21.8 Å². The van der Waals surface area contributed by atoms with Gasteiger partial charge < -0.3 is 9.47 Å². The van der Waals surface area contributed by atoms with Crippen LogP contribution in [0, 0.1) is 0 Å². The van der Waals surface area contributed by atoms with Crippen LogP contribution in [0.15, 0.2) is 36.4 Å². The van der Waals surface area contributed by atoms with Crippen molar-refractivity contribution in [1.82, 2.24) is 9.47 Å². The number of nitrogens with zero attached hydrogens (tertiary/aromatic N) is 2. The van der Waals surface area contributed by atoms with Gasteiger partial charge in [-0.05, 0) is 43.3 Å². The Balaban J connectivity index is 1.91. The average Bonchev–Trinajstić information content (AvgIpc) is 3.14. The van der Waals surface area contributed by atoms with Crippen molar-refractivity contribution in [2.24, 2.45) is 0 Å². The summed E-state index contributed by atoms with van der Waals surface area (Å²) in [5, 5.41) is 2.59. The van der Waals surface area contributed by atoms with E-state index in [2.05, 4.69) is 53.6 Å². The van der Waals surface area contributed by atoms with Crippen molar-refractivity contribution >= 4 is 27.6 Å². The van der Waals surface area contributed by atoms with E-state index in [4.69, 9.17) is 0 Å². The molecule has 124 valence electrons. The Kier molecular flexibility index (Phi) is 3.89. The summed E-state index contributed by atoms with van der Waals surface area (Å²) in [6.45, 7) is 8.63. The molecule has 0 N–H and O–H groups in total. The molecule has 24 heavy (non-hydrogen) atoms. The molecule has 3 aromatic rings. The maximum atomic E-state index is 12.1. The summed E-state index contributed by atoms with van der Waals surface area (Å²) in [5.41, 5.74) is 4.76. The number of likely N-dealkylation sites (N-methyl/N-ethyl adjacent to an activating group) is 1. The molecule has 0 amide bonds. The molecule has 3 nitrogen and oxygen atoms in total. The van der Waals surface area contributed by atoms with Crippen LogP contribution in [0.2, 0.25) is 0 Å². The van der Waals surface area contributed by atoms with E-state index in [-0.39, 0.29) is 0 Å². The van der Waals surface area contributed by atoms with Crippen molar-refractivity contribution < 1.29 is 4.79 Å². The first-order chi connectivity index (χ1) is 11.7. The summed E-state index contributed by atoms with van der Waals surface area (Å²) in [6.07, 6.45) is 1.54. The summed E-state index contributed by atoms with van der Waals surface area (Å²) in [5.74, 6) is 0.298. The molecule has 0 fully saturated rings. The highest BCUT2D eigenvalue weighted by molar-refractivity contribution is 6.15. The molecule has 0 atom stereocenters. The van der Waals surface area contributed by atoms with Crippen molar-refractivity contribution in [3.05, 3.63) is 47.5 Å². The Morgan fingerprint density at radius 3 is 2.58 bits per heavy atom. The second-order valence-corrected chi connectivity index (χ2v) is 6.60. The van der Waals surface area contributed by atoms with Gasteiger partial charge in [-0.15, -0.1) is 0 Å². The van der Waals surface area contributed by atoms with Crippen molar-refractivity contribution in [2.75, 3.05) is 19.6 Å². The molecule has 3 heteroatoms. The number of hydrogen-bond donors (Lipinski definition) is 0. The minimum atomic E-state index is 0.298. The van der Waals surface area contributed by atoms with Gasteiger partial charge in [-0.1, -0.05) is 32.0 Å². The van der Waals surface area contributed by atoms with E-state index in [0.717, 1.165) is 38.2 Å². The lowest BCUT2D eigenvalue weighted by Crippen LogP contribution is -2.26. The van der Waals surface area contributed by atoms with Gasteiger partial charge in [-0.25, -0.2) is 0 Å². The molecule has 0 aliphatic heterocycles. The number of para-hydroxylation sites is 1. The van der Waals surface area contributed by atoms with Gasteiger partial charge in [-0.3, -0.25) is 4.79 Å². The number of carbonyl (C=O) groups excluding carboxylic acids is 1. The molecule has 0 unspecified atom stereocenters. The van der Waals surface area contributed by atoms with Crippen LogP contribution in [-0.4, -0.2) is 34.9 Å². The van der Waals surface area contributed by atoms with Crippen LogP contribution in [0.5, 0.6) is 0 Å². The third kappa shape index (κ3) is 2.27. The van der Waals surface area contributed by atoms with E-state index >= 15 is 0 Å². The van der Waals surface area contributed by atoms with Gasteiger partial charge in [0.2, 0.25) is 0 Å². The largest absolute Gasteiger partial charge is 0.339 e. The third-order valence-corrected chi connectivity index (χ3v) is 5.48. The first-order valence-corrected chi connectivity index (χ1v) is 9.03. The number of fused-ring (bicyclic) bond motifs is 5. The summed E-state index contributed by atoms with van der Waals surface area (Å²) >= 11 is 0. The SMILES string of the molecule is CCN(CC)CCn1c2ccccc2c2c3c(ccc21)C(=O)CC3. The first-order valence-electron chi connectivity index (χ1n) is 9.03. The first kappa shape index (κ1) is 15.4. The van der Waals surface area contributed by atoms with Gasteiger partial charge in [0.15, 0.2) is 5.78 Å². The van der Waals surface area contributed by atoms with Crippen molar-refractivity contribution in [3.63, 3.8) is 0 Å². The smallest absolute Gasteiger partial charge is 0.163 e. The minimum Gasteiger partial charge on any atom is -0.339 e. The summed E-state index contributed by atoms with van der Waals surface area (Å²) in [6, 6.07) is 12.8. The van der Waals surface area contributed by atoms with E-state index in [9.17, 15) is 4.79 Å². The van der Waals surface area contributed by atoms with Crippen molar-refractivity contribution in [1.29, 1.82) is 0 Å². The third-order valence-electron chi connectivity index (χ3n) is 5.48. The maximum Gasteiger partial charge on any atom is 0.163 e. The highest BCUT2D eigenvalue weighted by Gasteiger charge is 2.24. The molecule has 2 aromatic carbocycles. The van der Waals surface area contributed by atoms with Crippen molar-refractivity contribution in [2.45, 2.75) is 33.2 Å². The number of rotatable bonds is 5. The molecule has 0 radical (unpaired) electrons. The number of ketones is 1. The van der Waals surface area contributed by atoms with E-state index in [0.29, 0.717) is 12.2 Å². The Morgan fingerprint density at radius 2 is 1.79 bits per heavy atom. The minimum absolute atomic E-state index is 0.298. The Morgan fingerprint density at radius 1 is 1.00 bits per heavy atom. The molecule has 1 aliphatic rings. The van der Waals surface area contributed by atoms with Crippen LogP contribution >= 0.6 is 0 Å². The van der Waals surface area contributed by atoms with Gasteiger partial charge in [0.05, 0.1) is 0 Å². The Hall–Kier alpha value is -2.13. The molecule has 1 aromatic heterocycles. The predicted octanol–water partition coefficient (Wildman–Crippen LogP) is 4.27. The molecule has 4 rings (SSSR count). The second kappa shape index (κ2) is 6.06. The van der Waals surface area contributed by atoms with Crippen LogP contribution < -0.4 is 0 Å². The summed E-state index contributed by atoms with van der Waals surface area (Å²) < 4.78 is 2.44. The van der Waals surface area contributed by atoms with Crippen LogP contribution in [0.4, 0.5) is 0 Å².